The Labute approximate surface area is 150 Å². The highest BCUT2D eigenvalue weighted by atomic mass is 32.2. The van der Waals surface area contributed by atoms with Crippen LogP contribution in [0.4, 0.5) is 0 Å². The summed E-state index contributed by atoms with van der Waals surface area (Å²) in [6.07, 6.45) is 6.07. The Balaban J connectivity index is 1.65. The lowest BCUT2D eigenvalue weighted by molar-refractivity contribution is -0.127. The van der Waals surface area contributed by atoms with Gasteiger partial charge in [-0.25, -0.2) is 8.42 Å². The highest BCUT2D eigenvalue weighted by Crippen LogP contribution is 2.26. The summed E-state index contributed by atoms with van der Waals surface area (Å²) in [5, 5.41) is 3.19. The molecule has 5 nitrogen and oxygen atoms in total. The molecule has 6 heteroatoms. The normalized spacial score (nSPS) is 28.4. The van der Waals surface area contributed by atoms with Crippen molar-refractivity contribution in [3.8, 4) is 0 Å². The molecule has 3 atom stereocenters. The first-order chi connectivity index (χ1) is 12.0. The lowest BCUT2D eigenvalue weighted by Crippen LogP contribution is -2.49. The van der Waals surface area contributed by atoms with E-state index < -0.39 is 10.0 Å². The Bertz CT molecular complexity index is 690. The molecule has 1 N–H and O–H groups in total. The van der Waals surface area contributed by atoms with Crippen molar-refractivity contribution in [3.63, 3.8) is 0 Å². The van der Waals surface area contributed by atoms with Gasteiger partial charge >= 0.3 is 0 Å². The van der Waals surface area contributed by atoms with Crippen LogP contribution >= 0.6 is 0 Å². The molecule has 138 valence electrons. The maximum Gasteiger partial charge on any atom is 0.243 e. The Morgan fingerprint density at radius 1 is 1.08 bits per heavy atom. The van der Waals surface area contributed by atoms with Crippen molar-refractivity contribution in [1.29, 1.82) is 0 Å². The van der Waals surface area contributed by atoms with Crippen LogP contribution in [0.2, 0.25) is 0 Å². The number of hydrogen-bond acceptors (Lipinski definition) is 3. The molecule has 2 fully saturated rings. The van der Waals surface area contributed by atoms with E-state index in [9.17, 15) is 13.2 Å². The minimum absolute atomic E-state index is 0.0201. The standard InChI is InChI=1S/C19H28N2O3S/c1-15-8-5-6-12-18(15)20-19(22)16-9-7-13-21(14-16)25(23,24)17-10-3-2-4-11-17/h2-4,10-11,15-16,18H,5-9,12-14H2,1H3,(H,20,22). The number of nitrogens with one attached hydrogen (secondary N) is 1. The van der Waals surface area contributed by atoms with Crippen LogP contribution in [0, 0.1) is 11.8 Å². The van der Waals surface area contributed by atoms with Gasteiger partial charge in [0.05, 0.1) is 10.8 Å². The first kappa shape index (κ1) is 18.4. The van der Waals surface area contributed by atoms with Crippen molar-refractivity contribution in [3.05, 3.63) is 30.3 Å². The SMILES string of the molecule is CC1CCCCC1NC(=O)C1CCCN(S(=O)(=O)c2ccccc2)C1. The van der Waals surface area contributed by atoms with E-state index in [1.54, 1.807) is 30.3 Å². The number of rotatable bonds is 4. The molecule has 1 aromatic rings. The van der Waals surface area contributed by atoms with E-state index in [2.05, 4.69) is 12.2 Å². The second-order valence-electron chi connectivity index (χ2n) is 7.39. The van der Waals surface area contributed by atoms with E-state index >= 15 is 0 Å². The summed E-state index contributed by atoms with van der Waals surface area (Å²) in [5.74, 6) is 0.276. The summed E-state index contributed by atoms with van der Waals surface area (Å²) in [6, 6.07) is 8.72. The monoisotopic (exact) mass is 364 g/mol. The smallest absolute Gasteiger partial charge is 0.243 e. The van der Waals surface area contributed by atoms with E-state index in [1.165, 1.54) is 10.7 Å². The van der Waals surface area contributed by atoms with Gasteiger partial charge in [0.1, 0.15) is 0 Å². The Hall–Kier alpha value is -1.40. The maximum atomic E-state index is 12.8. The number of hydrogen-bond donors (Lipinski definition) is 1. The van der Waals surface area contributed by atoms with Gasteiger partial charge in [0, 0.05) is 19.1 Å². The van der Waals surface area contributed by atoms with Crippen molar-refractivity contribution in [2.75, 3.05) is 13.1 Å². The molecule has 1 aliphatic carbocycles. The van der Waals surface area contributed by atoms with E-state index in [1.807, 2.05) is 0 Å². The number of carbonyl (C=O) groups excluding carboxylic acids is 1. The number of carbonyl (C=O) groups is 1. The van der Waals surface area contributed by atoms with Gasteiger partial charge in [0.15, 0.2) is 0 Å². The predicted molar refractivity (Wildman–Crippen MR) is 97.5 cm³/mol. The summed E-state index contributed by atoms with van der Waals surface area (Å²) in [4.78, 5) is 13.0. The number of nitrogens with zero attached hydrogens (tertiary/aromatic N) is 1. The third-order valence-corrected chi connectivity index (χ3v) is 7.45. The van der Waals surface area contributed by atoms with Crippen LogP contribution in [-0.2, 0) is 14.8 Å². The molecular weight excluding hydrogens is 336 g/mol. The molecule has 3 unspecified atom stereocenters. The van der Waals surface area contributed by atoms with Crippen molar-refractivity contribution in [2.24, 2.45) is 11.8 Å². The van der Waals surface area contributed by atoms with Crippen molar-refractivity contribution >= 4 is 15.9 Å². The minimum Gasteiger partial charge on any atom is -0.353 e. The van der Waals surface area contributed by atoms with Crippen molar-refractivity contribution < 1.29 is 13.2 Å². The molecule has 1 amide bonds. The van der Waals surface area contributed by atoms with E-state index in [-0.39, 0.29) is 24.4 Å². The van der Waals surface area contributed by atoms with Gasteiger partial charge in [0.2, 0.25) is 15.9 Å². The van der Waals surface area contributed by atoms with Crippen molar-refractivity contribution in [2.45, 2.75) is 56.4 Å². The highest BCUT2D eigenvalue weighted by molar-refractivity contribution is 7.89. The average Bonchev–Trinajstić information content (AvgIpc) is 2.64. The van der Waals surface area contributed by atoms with Crippen LogP contribution in [-0.4, -0.2) is 37.8 Å². The average molecular weight is 365 g/mol. The largest absolute Gasteiger partial charge is 0.353 e. The van der Waals surface area contributed by atoms with Gasteiger partial charge < -0.3 is 5.32 Å². The third kappa shape index (κ3) is 4.23. The molecule has 1 saturated carbocycles. The van der Waals surface area contributed by atoms with Gasteiger partial charge in [-0.3, -0.25) is 4.79 Å². The lowest BCUT2D eigenvalue weighted by atomic mass is 9.85. The lowest BCUT2D eigenvalue weighted by Gasteiger charge is -2.34. The minimum atomic E-state index is -3.52. The fourth-order valence-electron chi connectivity index (χ4n) is 3.95. The van der Waals surface area contributed by atoms with Crippen LogP contribution in [0.3, 0.4) is 0 Å². The summed E-state index contributed by atoms with van der Waals surface area (Å²) >= 11 is 0. The van der Waals surface area contributed by atoms with Gasteiger partial charge in [-0.1, -0.05) is 38.0 Å². The second kappa shape index (κ2) is 7.87. The number of sulfonamides is 1. The van der Waals surface area contributed by atoms with Gasteiger partial charge in [0.25, 0.3) is 0 Å². The number of benzene rings is 1. The molecule has 2 aliphatic rings. The Kier molecular flexibility index (Phi) is 5.79. The predicted octanol–water partition coefficient (Wildman–Crippen LogP) is 2.78. The van der Waals surface area contributed by atoms with Crippen LogP contribution < -0.4 is 5.32 Å². The van der Waals surface area contributed by atoms with Gasteiger partial charge in [-0.2, -0.15) is 4.31 Å². The molecule has 25 heavy (non-hydrogen) atoms. The number of amides is 1. The zero-order valence-corrected chi connectivity index (χ0v) is 15.7. The molecule has 0 radical (unpaired) electrons. The molecule has 3 rings (SSSR count). The molecule has 0 spiro atoms. The molecule has 1 heterocycles. The molecule has 1 aromatic carbocycles. The fourth-order valence-corrected chi connectivity index (χ4v) is 5.49. The van der Waals surface area contributed by atoms with E-state index in [0.29, 0.717) is 17.4 Å². The van der Waals surface area contributed by atoms with Gasteiger partial charge in [-0.15, -0.1) is 0 Å². The summed E-state index contributed by atoms with van der Waals surface area (Å²) in [6.45, 7) is 2.96. The number of piperidine rings is 1. The Morgan fingerprint density at radius 3 is 2.52 bits per heavy atom. The van der Waals surface area contributed by atoms with Crippen LogP contribution in [0.25, 0.3) is 0 Å². The second-order valence-corrected chi connectivity index (χ2v) is 9.33. The van der Waals surface area contributed by atoms with E-state index in [0.717, 1.165) is 32.1 Å². The first-order valence-corrected chi connectivity index (χ1v) is 10.8. The zero-order valence-electron chi connectivity index (χ0n) is 14.9. The summed E-state index contributed by atoms with van der Waals surface area (Å²) < 4.78 is 27.1. The van der Waals surface area contributed by atoms with Crippen LogP contribution in [0.5, 0.6) is 0 Å². The fraction of sp³-hybridized carbons (Fsp3) is 0.632. The zero-order chi connectivity index (χ0) is 17.9. The van der Waals surface area contributed by atoms with Gasteiger partial charge in [-0.05, 0) is 43.7 Å². The summed E-state index contributed by atoms with van der Waals surface area (Å²) in [5.41, 5.74) is 0. The molecule has 1 saturated heterocycles. The van der Waals surface area contributed by atoms with Crippen molar-refractivity contribution in [1.82, 2.24) is 9.62 Å². The highest BCUT2D eigenvalue weighted by Gasteiger charge is 2.34. The Morgan fingerprint density at radius 2 is 1.80 bits per heavy atom. The van der Waals surface area contributed by atoms with E-state index in [4.69, 9.17) is 0 Å². The molecule has 1 aliphatic heterocycles. The first-order valence-electron chi connectivity index (χ1n) is 9.34. The molecule has 0 bridgehead atoms. The van der Waals surface area contributed by atoms with Crippen LogP contribution in [0.1, 0.15) is 45.4 Å². The molecular formula is C19H28N2O3S. The van der Waals surface area contributed by atoms with Crippen LogP contribution in [0.15, 0.2) is 35.2 Å². The quantitative estimate of drug-likeness (QED) is 0.893. The molecule has 0 aromatic heterocycles. The third-order valence-electron chi connectivity index (χ3n) is 5.58. The summed E-state index contributed by atoms with van der Waals surface area (Å²) in [7, 11) is -3.52. The maximum absolute atomic E-state index is 12.8. The topological polar surface area (TPSA) is 66.5 Å².